The molecule has 0 radical (unpaired) electrons. The second-order valence-electron chi connectivity index (χ2n) is 3.88. The quantitative estimate of drug-likeness (QED) is 0.730. The summed E-state index contributed by atoms with van der Waals surface area (Å²) in [6.45, 7) is 5.59. The van der Waals surface area contributed by atoms with Crippen LogP contribution in [0.5, 0.6) is 0 Å². The van der Waals surface area contributed by atoms with Gasteiger partial charge in [0.25, 0.3) is 0 Å². The Morgan fingerprint density at radius 2 is 2.24 bits per heavy atom. The molecule has 0 aliphatic carbocycles. The largest absolute Gasteiger partial charge is 0.428 e. The van der Waals surface area contributed by atoms with Gasteiger partial charge in [0.05, 0.1) is 5.69 Å². The number of nitrogens with zero attached hydrogens (tertiary/aromatic N) is 1. The lowest BCUT2D eigenvalue weighted by Gasteiger charge is -2.14. The Morgan fingerprint density at radius 1 is 1.53 bits per heavy atom. The number of urea groups is 1. The summed E-state index contributed by atoms with van der Waals surface area (Å²) >= 11 is 0. The molecule has 0 saturated carbocycles. The van der Waals surface area contributed by atoms with E-state index in [4.69, 9.17) is 9.52 Å². The van der Waals surface area contributed by atoms with Crippen molar-refractivity contribution < 1.29 is 14.3 Å². The van der Waals surface area contributed by atoms with E-state index in [0.717, 1.165) is 12.1 Å². The molecular weight excluding hydrogens is 222 g/mol. The van der Waals surface area contributed by atoms with E-state index in [1.807, 2.05) is 13.8 Å². The van der Waals surface area contributed by atoms with Gasteiger partial charge in [0.2, 0.25) is 0 Å². The summed E-state index contributed by atoms with van der Waals surface area (Å²) in [5.41, 5.74) is 0.752. The summed E-state index contributed by atoms with van der Waals surface area (Å²) in [5, 5.41) is 14.1. The summed E-state index contributed by atoms with van der Waals surface area (Å²) in [5.74, 6) is 0.683. The number of aryl methyl sites for hydroxylation is 2. The Labute approximate surface area is 100 Å². The van der Waals surface area contributed by atoms with Crippen molar-refractivity contribution in [2.24, 2.45) is 0 Å². The molecule has 0 aliphatic rings. The van der Waals surface area contributed by atoms with E-state index >= 15 is 0 Å². The maximum absolute atomic E-state index is 11.6. The molecular formula is C11H19N3O3. The summed E-state index contributed by atoms with van der Waals surface area (Å²) < 4.78 is 5.23. The summed E-state index contributed by atoms with van der Waals surface area (Å²) in [6, 6.07) is -0.222. The van der Waals surface area contributed by atoms with Crippen LogP contribution in [0.4, 0.5) is 10.8 Å². The first-order valence-electron chi connectivity index (χ1n) is 5.69. The van der Waals surface area contributed by atoms with Gasteiger partial charge in [-0.1, -0.05) is 6.92 Å². The van der Waals surface area contributed by atoms with Crippen LogP contribution in [0.1, 0.15) is 31.2 Å². The highest BCUT2D eigenvalue weighted by Crippen LogP contribution is 2.12. The standard InChI is InChI=1S/C11H19N3O3/c1-4-9(5-6-15)13-10(16)14-11-12-7(2)8(3)17-11/h9,15H,4-6H2,1-3H3,(H2,12,13,14,16). The van der Waals surface area contributed by atoms with Crippen molar-refractivity contribution in [2.75, 3.05) is 11.9 Å². The fraction of sp³-hybridized carbons (Fsp3) is 0.636. The van der Waals surface area contributed by atoms with Gasteiger partial charge < -0.3 is 14.8 Å². The van der Waals surface area contributed by atoms with E-state index in [1.165, 1.54) is 0 Å². The third-order valence-electron chi connectivity index (χ3n) is 2.55. The smallest absolute Gasteiger partial charge is 0.323 e. The minimum absolute atomic E-state index is 0.0443. The van der Waals surface area contributed by atoms with E-state index in [9.17, 15) is 4.79 Å². The summed E-state index contributed by atoms with van der Waals surface area (Å²) in [7, 11) is 0. The molecule has 2 amide bonds. The zero-order chi connectivity index (χ0) is 12.8. The van der Waals surface area contributed by atoms with E-state index in [1.54, 1.807) is 6.92 Å². The van der Waals surface area contributed by atoms with Gasteiger partial charge in [0.1, 0.15) is 5.76 Å². The number of anilines is 1. The third kappa shape index (κ3) is 4.07. The number of amides is 2. The van der Waals surface area contributed by atoms with Gasteiger partial charge in [-0.2, -0.15) is 4.98 Å². The van der Waals surface area contributed by atoms with Crippen molar-refractivity contribution in [1.82, 2.24) is 10.3 Å². The topological polar surface area (TPSA) is 87.4 Å². The molecule has 3 N–H and O–H groups in total. The molecule has 1 heterocycles. The molecule has 0 aromatic carbocycles. The molecule has 0 fully saturated rings. The molecule has 0 bridgehead atoms. The van der Waals surface area contributed by atoms with Gasteiger partial charge in [-0.3, -0.25) is 5.32 Å². The van der Waals surface area contributed by atoms with E-state index in [0.29, 0.717) is 12.2 Å². The van der Waals surface area contributed by atoms with E-state index < -0.39 is 0 Å². The van der Waals surface area contributed by atoms with Crippen LogP contribution < -0.4 is 10.6 Å². The highest BCUT2D eigenvalue weighted by Gasteiger charge is 2.12. The van der Waals surface area contributed by atoms with Crippen LogP contribution in [0.15, 0.2) is 4.42 Å². The Kier molecular flexibility index (Phi) is 4.96. The van der Waals surface area contributed by atoms with Gasteiger partial charge in [0, 0.05) is 12.6 Å². The van der Waals surface area contributed by atoms with Crippen LogP contribution in [-0.4, -0.2) is 28.8 Å². The van der Waals surface area contributed by atoms with Crippen molar-refractivity contribution in [3.8, 4) is 0 Å². The van der Waals surface area contributed by atoms with Crippen molar-refractivity contribution >= 4 is 12.0 Å². The van der Waals surface area contributed by atoms with Crippen molar-refractivity contribution in [3.05, 3.63) is 11.5 Å². The lowest BCUT2D eigenvalue weighted by molar-refractivity contribution is 0.237. The zero-order valence-corrected chi connectivity index (χ0v) is 10.4. The first-order valence-corrected chi connectivity index (χ1v) is 5.69. The molecule has 1 aromatic heterocycles. The molecule has 6 nitrogen and oxygen atoms in total. The van der Waals surface area contributed by atoms with E-state index in [-0.39, 0.29) is 24.7 Å². The van der Waals surface area contributed by atoms with Gasteiger partial charge >= 0.3 is 12.0 Å². The van der Waals surface area contributed by atoms with Crippen molar-refractivity contribution in [2.45, 2.75) is 39.7 Å². The molecule has 96 valence electrons. The maximum atomic E-state index is 11.6. The Bertz CT molecular complexity index is 357. The number of aliphatic hydroxyl groups excluding tert-OH is 1. The summed E-state index contributed by atoms with van der Waals surface area (Å²) in [4.78, 5) is 15.6. The zero-order valence-electron chi connectivity index (χ0n) is 10.4. The lowest BCUT2D eigenvalue weighted by atomic mass is 10.2. The molecule has 0 spiro atoms. The predicted octanol–water partition coefficient (Wildman–Crippen LogP) is 1.57. The highest BCUT2D eigenvalue weighted by atomic mass is 16.4. The van der Waals surface area contributed by atoms with Gasteiger partial charge in [0.15, 0.2) is 0 Å². The normalized spacial score (nSPS) is 12.2. The minimum Gasteiger partial charge on any atom is -0.428 e. The molecule has 6 heteroatoms. The maximum Gasteiger partial charge on any atom is 0.323 e. The Balaban J connectivity index is 2.48. The van der Waals surface area contributed by atoms with Crippen LogP contribution in [0, 0.1) is 13.8 Å². The SMILES string of the molecule is CCC(CCO)NC(=O)Nc1nc(C)c(C)o1. The van der Waals surface area contributed by atoms with Crippen LogP contribution in [-0.2, 0) is 0 Å². The summed E-state index contributed by atoms with van der Waals surface area (Å²) in [6.07, 6.45) is 1.30. The van der Waals surface area contributed by atoms with Crippen LogP contribution in [0.2, 0.25) is 0 Å². The number of nitrogens with one attached hydrogen (secondary N) is 2. The highest BCUT2D eigenvalue weighted by molar-refractivity contribution is 5.87. The number of rotatable bonds is 5. The predicted molar refractivity (Wildman–Crippen MR) is 63.9 cm³/mol. The number of carbonyl (C=O) groups is 1. The lowest BCUT2D eigenvalue weighted by Crippen LogP contribution is -2.38. The molecule has 0 saturated heterocycles. The molecule has 17 heavy (non-hydrogen) atoms. The molecule has 0 aliphatic heterocycles. The number of carbonyl (C=O) groups excluding carboxylic acids is 1. The number of oxazole rings is 1. The fourth-order valence-corrected chi connectivity index (χ4v) is 1.38. The van der Waals surface area contributed by atoms with Crippen LogP contribution >= 0.6 is 0 Å². The first kappa shape index (κ1) is 13.5. The number of hydrogen-bond acceptors (Lipinski definition) is 4. The second kappa shape index (κ2) is 6.24. The molecule has 1 rings (SSSR count). The van der Waals surface area contributed by atoms with Crippen LogP contribution in [0.3, 0.4) is 0 Å². The molecule has 1 unspecified atom stereocenters. The average molecular weight is 241 g/mol. The Morgan fingerprint density at radius 3 is 2.71 bits per heavy atom. The van der Waals surface area contributed by atoms with Gasteiger partial charge in [-0.05, 0) is 26.7 Å². The van der Waals surface area contributed by atoms with Crippen molar-refractivity contribution in [1.29, 1.82) is 0 Å². The molecule has 1 aromatic rings. The monoisotopic (exact) mass is 241 g/mol. The van der Waals surface area contributed by atoms with Crippen LogP contribution in [0.25, 0.3) is 0 Å². The van der Waals surface area contributed by atoms with Crippen molar-refractivity contribution in [3.63, 3.8) is 0 Å². The number of hydrogen-bond donors (Lipinski definition) is 3. The van der Waals surface area contributed by atoms with Gasteiger partial charge in [-0.15, -0.1) is 0 Å². The molecule has 1 atom stereocenters. The number of aromatic nitrogens is 1. The van der Waals surface area contributed by atoms with E-state index in [2.05, 4.69) is 15.6 Å². The fourth-order valence-electron chi connectivity index (χ4n) is 1.38. The average Bonchev–Trinajstić information content (AvgIpc) is 2.57. The minimum atomic E-state index is -0.369. The second-order valence-corrected chi connectivity index (χ2v) is 3.88. The third-order valence-corrected chi connectivity index (χ3v) is 2.55. The van der Waals surface area contributed by atoms with Gasteiger partial charge in [-0.25, -0.2) is 4.79 Å². The first-order chi connectivity index (χ1) is 8.06. The Hall–Kier alpha value is -1.56. The number of aliphatic hydroxyl groups is 1.